The van der Waals surface area contributed by atoms with Crippen molar-refractivity contribution in [3.05, 3.63) is 0 Å². The van der Waals surface area contributed by atoms with E-state index in [4.69, 9.17) is 4.74 Å². The fraction of sp³-hybridized carbons (Fsp3) is 1.00. The third-order valence-corrected chi connectivity index (χ3v) is 4.40. The van der Waals surface area contributed by atoms with E-state index in [0.717, 1.165) is 26.3 Å². The van der Waals surface area contributed by atoms with Crippen molar-refractivity contribution in [3.8, 4) is 0 Å². The van der Waals surface area contributed by atoms with E-state index >= 15 is 0 Å². The van der Waals surface area contributed by atoms with Gasteiger partial charge in [0.1, 0.15) is 0 Å². The van der Waals surface area contributed by atoms with E-state index in [2.05, 4.69) is 42.8 Å². The Morgan fingerprint density at radius 2 is 1.83 bits per heavy atom. The van der Waals surface area contributed by atoms with Crippen LogP contribution in [-0.2, 0) is 4.74 Å². The Labute approximate surface area is 112 Å². The van der Waals surface area contributed by atoms with Crippen LogP contribution in [0.15, 0.2) is 0 Å². The highest BCUT2D eigenvalue weighted by molar-refractivity contribution is 4.89. The van der Waals surface area contributed by atoms with E-state index < -0.39 is 0 Å². The number of likely N-dealkylation sites (N-methyl/N-ethyl adjacent to an activating group) is 1. The molecule has 2 aliphatic rings. The molecule has 0 aromatic carbocycles. The van der Waals surface area contributed by atoms with Gasteiger partial charge < -0.3 is 10.1 Å². The molecule has 18 heavy (non-hydrogen) atoms. The molecule has 106 valence electrons. The molecular formula is C14H29N3O. The average Bonchev–Trinajstić information content (AvgIpc) is 2.35. The first kappa shape index (κ1) is 14.3. The summed E-state index contributed by atoms with van der Waals surface area (Å²) in [6.07, 6.45) is 0. The van der Waals surface area contributed by atoms with Crippen LogP contribution in [0, 0.1) is 0 Å². The van der Waals surface area contributed by atoms with Gasteiger partial charge >= 0.3 is 0 Å². The third kappa shape index (κ3) is 3.23. The molecule has 2 aliphatic heterocycles. The minimum atomic E-state index is 0.548. The van der Waals surface area contributed by atoms with Crippen LogP contribution in [-0.4, -0.2) is 73.4 Å². The zero-order valence-corrected chi connectivity index (χ0v) is 12.4. The molecule has 2 unspecified atom stereocenters. The monoisotopic (exact) mass is 255 g/mol. The lowest BCUT2D eigenvalue weighted by molar-refractivity contribution is -0.0502. The number of ether oxygens (including phenoxy) is 1. The van der Waals surface area contributed by atoms with Crippen LogP contribution < -0.4 is 5.32 Å². The minimum absolute atomic E-state index is 0.548. The largest absolute Gasteiger partial charge is 0.378 e. The van der Waals surface area contributed by atoms with Crippen LogP contribution in [0.25, 0.3) is 0 Å². The number of nitrogens with one attached hydrogen (secondary N) is 1. The Morgan fingerprint density at radius 3 is 2.44 bits per heavy atom. The summed E-state index contributed by atoms with van der Waals surface area (Å²) in [6, 6.07) is 2.37. The highest BCUT2D eigenvalue weighted by atomic mass is 16.5. The zero-order valence-electron chi connectivity index (χ0n) is 12.4. The molecule has 2 saturated heterocycles. The van der Waals surface area contributed by atoms with Crippen molar-refractivity contribution < 1.29 is 4.74 Å². The molecule has 0 aromatic rings. The average molecular weight is 255 g/mol. The molecule has 4 heteroatoms. The van der Waals surface area contributed by atoms with Gasteiger partial charge in [-0.05, 0) is 27.3 Å². The van der Waals surface area contributed by atoms with E-state index in [1.165, 1.54) is 13.1 Å². The summed E-state index contributed by atoms with van der Waals surface area (Å²) in [6.45, 7) is 15.5. The number of piperazine rings is 1. The predicted octanol–water partition coefficient (Wildman–Crippen LogP) is 0.778. The Balaban J connectivity index is 1.94. The Morgan fingerprint density at radius 1 is 1.17 bits per heavy atom. The molecule has 2 rings (SSSR count). The molecule has 0 spiro atoms. The minimum Gasteiger partial charge on any atom is -0.378 e. The Bertz CT molecular complexity index is 251. The van der Waals surface area contributed by atoms with Gasteiger partial charge in [-0.15, -0.1) is 0 Å². The summed E-state index contributed by atoms with van der Waals surface area (Å²) in [5.74, 6) is 0. The maximum Gasteiger partial charge on any atom is 0.0620 e. The first-order valence-corrected chi connectivity index (χ1v) is 7.42. The summed E-state index contributed by atoms with van der Waals surface area (Å²) in [5.41, 5.74) is 0. The molecule has 2 fully saturated rings. The van der Waals surface area contributed by atoms with Crippen LogP contribution in [0.2, 0.25) is 0 Å². The Kier molecular flexibility index (Phi) is 5.01. The second-order valence-electron chi connectivity index (χ2n) is 5.98. The van der Waals surface area contributed by atoms with Gasteiger partial charge in [-0.1, -0.05) is 6.92 Å². The summed E-state index contributed by atoms with van der Waals surface area (Å²) in [7, 11) is 0. The lowest BCUT2D eigenvalue weighted by Crippen LogP contribution is -2.61. The highest BCUT2D eigenvalue weighted by Gasteiger charge is 2.31. The van der Waals surface area contributed by atoms with Gasteiger partial charge in [0.15, 0.2) is 0 Å². The van der Waals surface area contributed by atoms with E-state index in [1.54, 1.807) is 0 Å². The smallest absolute Gasteiger partial charge is 0.0620 e. The van der Waals surface area contributed by atoms with Gasteiger partial charge in [-0.3, -0.25) is 9.80 Å². The van der Waals surface area contributed by atoms with Crippen molar-refractivity contribution in [2.75, 3.05) is 39.4 Å². The van der Waals surface area contributed by atoms with Crippen LogP contribution >= 0.6 is 0 Å². The first-order valence-electron chi connectivity index (χ1n) is 7.42. The molecule has 0 aliphatic carbocycles. The topological polar surface area (TPSA) is 27.7 Å². The molecule has 0 radical (unpaired) electrons. The second kappa shape index (κ2) is 6.33. The molecule has 4 atom stereocenters. The summed E-state index contributed by atoms with van der Waals surface area (Å²) < 4.78 is 5.61. The lowest BCUT2D eigenvalue weighted by Gasteiger charge is -2.45. The number of hydrogen-bond acceptors (Lipinski definition) is 4. The summed E-state index contributed by atoms with van der Waals surface area (Å²) >= 11 is 0. The standard InChI is InChI=1S/C14H29N3O/c1-5-16-7-11(2)15-6-14(16)8-17-12(3)9-18-10-13(17)4/h11-15H,5-10H2,1-4H3/t11?,12-,13?,14-/m1/s1. The van der Waals surface area contributed by atoms with E-state index in [-0.39, 0.29) is 0 Å². The van der Waals surface area contributed by atoms with Crippen LogP contribution in [0.4, 0.5) is 0 Å². The first-order chi connectivity index (χ1) is 8.61. The van der Waals surface area contributed by atoms with Crippen molar-refractivity contribution in [2.24, 2.45) is 0 Å². The zero-order chi connectivity index (χ0) is 13.1. The lowest BCUT2D eigenvalue weighted by atomic mass is 10.1. The highest BCUT2D eigenvalue weighted by Crippen LogP contribution is 2.16. The van der Waals surface area contributed by atoms with E-state index in [0.29, 0.717) is 24.2 Å². The van der Waals surface area contributed by atoms with Crippen molar-refractivity contribution in [2.45, 2.75) is 51.9 Å². The molecule has 4 nitrogen and oxygen atoms in total. The molecule has 1 N–H and O–H groups in total. The molecule has 2 heterocycles. The third-order valence-electron chi connectivity index (χ3n) is 4.40. The molecular weight excluding hydrogens is 226 g/mol. The number of hydrogen-bond donors (Lipinski definition) is 1. The van der Waals surface area contributed by atoms with Gasteiger partial charge in [-0.25, -0.2) is 0 Å². The van der Waals surface area contributed by atoms with Gasteiger partial charge in [0.2, 0.25) is 0 Å². The fourth-order valence-electron chi connectivity index (χ4n) is 3.24. The van der Waals surface area contributed by atoms with Crippen LogP contribution in [0.5, 0.6) is 0 Å². The van der Waals surface area contributed by atoms with Gasteiger partial charge in [0.25, 0.3) is 0 Å². The quantitative estimate of drug-likeness (QED) is 0.806. The molecule has 0 saturated carbocycles. The normalized spacial score (nSPS) is 40.0. The predicted molar refractivity (Wildman–Crippen MR) is 74.9 cm³/mol. The number of morpholine rings is 1. The van der Waals surface area contributed by atoms with E-state index in [9.17, 15) is 0 Å². The van der Waals surface area contributed by atoms with E-state index in [1.807, 2.05) is 0 Å². The molecule has 0 aromatic heterocycles. The van der Waals surface area contributed by atoms with Gasteiger partial charge in [-0.2, -0.15) is 0 Å². The van der Waals surface area contributed by atoms with Gasteiger partial charge in [0.05, 0.1) is 13.2 Å². The van der Waals surface area contributed by atoms with Crippen LogP contribution in [0.1, 0.15) is 27.7 Å². The second-order valence-corrected chi connectivity index (χ2v) is 5.98. The summed E-state index contributed by atoms with van der Waals surface area (Å²) in [4.78, 5) is 5.24. The maximum atomic E-state index is 5.61. The number of rotatable bonds is 3. The maximum absolute atomic E-state index is 5.61. The van der Waals surface area contributed by atoms with Crippen molar-refractivity contribution in [3.63, 3.8) is 0 Å². The molecule has 0 bridgehead atoms. The summed E-state index contributed by atoms with van der Waals surface area (Å²) in [5, 5.41) is 3.62. The van der Waals surface area contributed by atoms with Gasteiger partial charge in [0, 0.05) is 43.8 Å². The number of nitrogens with zero attached hydrogens (tertiary/aromatic N) is 2. The molecule has 0 amide bonds. The van der Waals surface area contributed by atoms with Crippen molar-refractivity contribution in [1.29, 1.82) is 0 Å². The Hall–Kier alpha value is -0.160. The van der Waals surface area contributed by atoms with Crippen molar-refractivity contribution in [1.82, 2.24) is 15.1 Å². The SMILES string of the molecule is CCN1CC(C)NC[C@@H]1CN1C(C)COC[C@H]1C. The van der Waals surface area contributed by atoms with Crippen molar-refractivity contribution >= 4 is 0 Å². The van der Waals surface area contributed by atoms with Crippen LogP contribution in [0.3, 0.4) is 0 Å². The fourth-order valence-corrected chi connectivity index (χ4v) is 3.24.